The third-order valence-electron chi connectivity index (χ3n) is 3.33. The van der Waals surface area contributed by atoms with E-state index in [0.717, 1.165) is 36.7 Å². The van der Waals surface area contributed by atoms with Gasteiger partial charge in [0, 0.05) is 24.6 Å². The molecule has 2 rings (SSSR count). The lowest BCUT2D eigenvalue weighted by atomic mass is 10.1. The lowest BCUT2D eigenvalue weighted by Gasteiger charge is -2.08. The molecule has 0 aromatic carbocycles. The van der Waals surface area contributed by atoms with Gasteiger partial charge in [-0.15, -0.1) is 10.2 Å². The highest BCUT2D eigenvalue weighted by Gasteiger charge is 2.12. The van der Waals surface area contributed by atoms with Crippen LogP contribution in [0, 0.1) is 6.92 Å². The Bertz CT molecular complexity index is 511. The number of hydrogen-bond donors (Lipinski definition) is 1. The number of rotatable bonds is 6. The summed E-state index contributed by atoms with van der Waals surface area (Å²) in [6.07, 6.45) is 4.22. The Morgan fingerprint density at radius 1 is 1.21 bits per heavy atom. The zero-order chi connectivity index (χ0) is 13.8. The molecule has 0 fully saturated rings. The molecule has 1 unspecified atom stereocenters. The van der Waals surface area contributed by atoms with Gasteiger partial charge in [0.1, 0.15) is 11.6 Å². The van der Waals surface area contributed by atoms with Gasteiger partial charge >= 0.3 is 0 Å². The molecule has 104 valence electrons. The monoisotopic (exact) mass is 261 g/mol. The van der Waals surface area contributed by atoms with Crippen LogP contribution in [0.15, 0.2) is 12.3 Å². The molecule has 0 aliphatic carbocycles. The van der Waals surface area contributed by atoms with Crippen molar-refractivity contribution in [1.82, 2.24) is 25.0 Å². The van der Waals surface area contributed by atoms with Gasteiger partial charge in [0.2, 0.25) is 0 Å². The van der Waals surface area contributed by atoms with Crippen molar-refractivity contribution in [1.29, 1.82) is 0 Å². The summed E-state index contributed by atoms with van der Waals surface area (Å²) in [6, 6.07) is 2.04. The van der Waals surface area contributed by atoms with Crippen LogP contribution < -0.4 is 0 Å². The molecule has 19 heavy (non-hydrogen) atoms. The molecule has 0 bridgehead atoms. The second-order valence-corrected chi connectivity index (χ2v) is 5.51. The normalized spacial score (nSPS) is 13.1. The van der Waals surface area contributed by atoms with Crippen LogP contribution in [-0.4, -0.2) is 25.0 Å². The van der Waals surface area contributed by atoms with Gasteiger partial charge in [0.05, 0.1) is 5.69 Å². The number of nitrogens with one attached hydrogen (secondary N) is 1. The molecule has 2 aromatic heterocycles. The maximum Gasteiger partial charge on any atom is 0.133 e. The molecule has 0 aliphatic rings. The van der Waals surface area contributed by atoms with E-state index < -0.39 is 0 Å². The minimum atomic E-state index is 0.403. The molecule has 0 amide bonds. The molecule has 2 aromatic rings. The van der Waals surface area contributed by atoms with Gasteiger partial charge in [-0.3, -0.25) is 4.68 Å². The number of aromatic nitrogens is 5. The number of H-pyrrole nitrogens is 1. The Morgan fingerprint density at radius 3 is 2.53 bits per heavy atom. The fourth-order valence-corrected chi connectivity index (χ4v) is 2.05. The Balaban J connectivity index is 1.81. The second kappa shape index (κ2) is 5.99. The Hall–Kier alpha value is -1.65. The fraction of sp³-hybridized carbons (Fsp3) is 0.643. The fourth-order valence-electron chi connectivity index (χ4n) is 2.05. The SMILES string of the molecule is Cc1ccn(CCCC(C)c2nnc(C(C)C)[nH]2)n1. The van der Waals surface area contributed by atoms with Crippen molar-refractivity contribution in [2.45, 2.75) is 58.9 Å². The summed E-state index contributed by atoms with van der Waals surface area (Å²) in [5.41, 5.74) is 1.07. The summed E-state index contributed by atoms with van der Waals surface area (Å²) in [5.74, 6) is 2.79. The van der Waals surface area contributed by atoms with E-state index in [1.807, 2.05) is 23.9 Å². The Morgan fingerprint density at radius 2 is 1.95 bits per heavy atom. The topological polar surface area (TPSA) is 59.4 Å². The van der Waals surface area contributed by atoms with E-state index in [0.29, 0.717) is 11.8 Å². The van der Waals surface area contributed by atoms with Crippen molar-refractivity contribution in [2.75, 3.05) is 0 Å². The van der Waals surface area contributed by atoms with Crippen LogP contribution >= 0.6 is 0 Å². The molecule has 5 heteroatoms. The van der Waals surface area contributed by atoms with Gasteiger partial charge < -0.3 is 4.98 Å². The first-order valence-corrected chi connectivity index (χ1v) is 6.98. The number of aryl methyl sites for hydroxylation is 2. The number of hydrogen-bond acceptors (Lipinski definition) is 3. The zero-order valence-corrected chi connectivity index (χ0v) is 12.2. The highest BCUT2D eigenvalue weighted by Crippen LogP contribution is 2.19. The van der Waals surface area contributed by atoms with Gasteiger partial charge in [-0.2, -0.15) is 5.10 Å². The minimum Gasteiger partial charge on any atom is -0.328 e. The molecule has 0 saturated heterocycles. The molecular formula is C14H23N5. The zero-order valence-electron chi connectivity index (χ0n) is 12.2. The van der Waals surface area contributed by atoms with E-state index in [2.05, 4.69) is 41.1 Å². The number of aromatic amines is 1. The summed E-state index contributed by atoms with van der Waals surface area (Å²) < 4.78 is 2.00. The third kappa shape index (κ3) is 3.66. The van der Waals surface area contributed by atoms with Crippen molar-refractivity contribution < 1.29 is 0 Å². The first-order chi connectivity index (χ1) is 9.06. The summed E-state index contributed by atoms with van der Waals surface area (Å²) in [6.45, 7) is 9.41. The van der Waals surface area contributed by atoms with Crippen LogP contribution in [0.2, 0.25) is 0 Å². The van der Waals surface area contributed by atoms with E-state index in [4.69, 9.17) is 0 Å². The van der Waals surface area contributed by atoms with Gasteiger partial charge in [-0.25, -0.2) is 0 Å². The maximum absolute atomic E-state index is 4.39. The lowest BCUT2D eigenvalue weighted by Crippen LogP contribution is -2.03. The van der Waals surface area contributed by atoms with Crippen LogP contribution in [0.4, 0.5) is 0 Å². The smallest absolute Gasteiger partial charge is 0.133 e. The van der Waals surface area contributed by atoms with E-state index in [9.17, 15) is 0 Å². The van der Waals surface area contributed by atoms with Crippen molar-refractivity contribution in [3.8, 4) is 0 Å². The van der Waals surface area contributed by atoms with E-state index >= 15 is 0 Å². The summed E-state index contributed by atoms with van der Waals surface area (Å²) >= 11 is 0. The van der Waals surface area contributed by atoms with Gasteiger partial charge in [0.15, 0.2) is 0 Å². The van der Waals surface area contributed by atoms with Gasteiger partial charge in [-0.1, -0.05) is 20.8 Å². The minimum absolute atomic E-state index is 0.403. The molecule has 0 spiro atoms. The second-order valence-electron chi connectivity index (χ2n) is 5.51. The average Bonchev–Trinajstić information content (AvgIpc) is 2.98. The van der Waals surface area contributed by atoms with Crippen LogP contribution in [0.25, 0.3) is 0 Å². The van der Waals surface area contributed by atoms with Crippen LogP contribution in [0.1, 0.15) is 62.8 Å². The lowest BCUT2D eigenvalue weighted by molar-refractivity contribution is 0.515. The maximum atomic E-state index is 4.39. The highest BCUT2D eigenvalue weighted by molar-refractivity contribution is 4.99. The molecule has 2 heterocycles. The molecular weight excluding hydrogens is 238 g/mol. The molecule has 5 nitrogen and oxygen atoms in total. The molecule has 0 radical (unpaired) electrons. The van der Waals surface area contributed by atoms with Crippen LogP contribution in [0.3, 0.4) is 0 Å². The molecule has 0 saturated carbocycles. The predicted molar refractivity (Wildman–Crippen MR) is 75.1 cm³/mol. The number of nitrogens with zero attached hydrogens (tertiary/aromatic N) is 4. The van der Waals surface area contributed by atoms with E-state index in [-0.39, 0.29) is 0 Å². The van der Waals surface area contributed by atoms with Gasteiger partial charge in [-0.05, 0) is 25.8 Å². The van der Waals surface area contributed by atoms with Crippen molar-refractivity contribution in [2.24, 2.45) is 0 Å². The first-order valence-electron chi connectivity index (χ1n) is 6.98. The predicted octanol–water partition coefficient (Wildman–Crippen LogP) is 3.02. The summed E-state index contributed by atoms with van der Waals surface area (Å²) in [7, 11) is 0. The van der Waals surface area contributed by atoms with Gasteiger partial charge in [0.25, 0.3) is 0 Å². The standard InChI is InChI=1S/C14H23N5/c1-10(2)13-15-14(17-16-13)11(3)6-5-8-19-9-7-12(4)18-19/h7,9-11H,5-6,8H2,1-4H3,(H,15,16,17). The summed E-state index contributed by atoms with van der Waals surface area (Å²) in [4.78, 5) is 3.32. The quantitative estimate of drug-likeness (QED) is 0.869. The average molecular weight is 261 g/mol. The van der Waals surface area contributed by atoms with E-state index in [1.54, 1.807) is 0 Å². The molecule has 1 N–H and O–H groups in total. The van der Waals surface area contributed by atoms with Crippen LogP contribution in [-0.2, 0) is 6.54 Å². The Labute approximate surface area is 114 Å². The third-order valence-corrected chi connectivity index (χ3v) is 3.33. The largest absolute Gasteiger partial charge is 0.328 e. The highest BCUT2D eigenvalue weighted by atomic mass is 15.3. The molecule has 1 atom stereocenters. The van der Waals surface area contributed by atoms with Crippen molar-refractivity contribution in [3.63, 3.8) is 0 Å². The molecule has 0 aliphatic heterocycles. The van der Waals surface area contributed by atoms with Crippen molar-refractivity contribution in [3.05, 3.63) is 29.6 Å². The summed E-state index contributed by atoms with van der Waals surface area (Å²) in [5, 5.41) is 12.8. The van der Waals surface area contributed by atoms with Crippen molar-refractivity contribution >= 4 is 0 Å². The van der Waals surface area contributed by atoms with Crippen LogP contribution in [0.5, 0.6) is 0 Å². The van der Waals surface area contributed by atoms with E-state index in [1.165, 1.54) is 0 Å². The Kier molecular flexibility index (Phi) is 4.35. The first kappa shape index (κ1) is 13.8.